The number of hydrogen-bond acceptors (Lipinski definition) is 2. The zero-order valence-corrected chi connectivity index (χ0v) is 11.3. The summed E-state index contributed by atoms with van der Waals surface area (Å²) in [6, 6.07) is 0. The van der Waals surface area contributed by atoms with Crippen LogP contribution in [0.3, 0.4) is 0 Å². The molecule has 2 heteroatoms. The molecule has 0 unspecified atom stereocenters. The maximum Gasteiger partial charge on any atom is 0.145 e. The Morgan fingerprint density at radius 3 is 2.53 bits per heavy atom. The first-order valence-corrected chi connectivity index (χ1v) is 6.69. The number of Topliss-reactive ketones (excluding diaryl/α,β-unsaturated/α-hetero) is 1. The van der Waals surface area contributed by atoms with E-state index in [0.29, 0.717) is 12.2 Å². The Balaban J connectivity index is 2.20. The number of hydrogen-bond donors (Lipinski definition) is 0. The Labute approximate surface area is 103 Å². The van der Waals surface area contributed by atoms with E-state index in [0.717, 1.165) is 19.3 Å². The molecular formula is C15H22O2. The second-order valence-corrected chi connectivity index (χ2v) is 7.15. The fourth-order valence-electron chi connectivity index (χ4n) is 4.35. The van der Waals surface area contributed by atoms with Crippen molar-refractivity contribution >= 4 is 5.78 Å². The highest BCUT2D eigenvalue weighted by Crippen LogP contribution is 2.64. The van der Waals surface area contributed by atoms with Crippen LogP contribution in [-0.2, 0) is 9.53 Å². The van der Waals surface area contributed by atoms with Crippen LogP contribution in [0.25, 0.3) is 0 Å². The lowest BCUT2D eigenvalue weighted by molar-refractivity contribution is -0.236. The van der Waals surface area contributed by atoms with Gasteiger partial charge in [-0.2, -0.15) is 0 Å². The van der Waals surface area contributed by atoms with Crippen LogP contribution >= 0.6 is 0 Å². The van der Waals surface area contributed by atoms with Crippen LogP contribution in [0.4, 0.5) is 0 Å². The molecule has 0 N–H and O–H groups in total. The number of ketones is 1. The number of carbonyl (C=O) groups excluding carboxylic acids is 1. The fraction of sp³-hybridized carbons (Fsp3) is 0.800. The number of rotatable bonds is 0. The summed E-state index contributed by atoms with van der Waals surface area (Å²) < 4.78 is 6.43. The van der Waals surface area contributed by atoms with E-state index in [-0.39, 0.29) is 22.0 Å². The molecule has 2 bridgehead atoms. The van der Waals surface area contributed by atoms with Gasteiger partial charge >= 0.3 is 0 Å². The first-order chi connectivity index (χ1) is 7.75. The van der Waals surface area contributed by atoms with Crippen LogP contribution < -0.4 is 0 Å². The molecule has 94 valence electrons. The smallest absolute Gasteiger partial charge is 0.145 e. The van der Waals surface area contributed by atoms with Gasteiger partial charge in [-0.3, -0.25) is 4.79 Å². The van der Waals surface area contributed by atoms with Gasteiger partial charge in [0.15, 0.2) is 0 Å². The number of ether oxygens (including phenoxy) is 1. The number of carbonyl (C=O) groups is 1. The van der Waals surface area contributed by atoms with Crippen LogP contribution in [0.1, 0.15) is 53.4 Å². The zero-order chi connectivity index (χ0) is 12.5. The van der Waals surface area contributed by atoms with E-state index in [9.17, 15) is 4.79 Å². The van der Waals surface area contributed by atoms with E-state index >= 15 is 0 Å². The molecule has 0 aromatic rings. The first-order valence-electron chi connectivity index (χ1n) is 6.69. The highest BCUT2D eigenvalue weighted by molar-refractivity contribution is 5.89. The summed E-state index contributed by atoms with van der Waals surface area (Å²) >= 11 is 0. The van der Waals surface area contributed by atoms with Crippen LogP contribution in [0, 0.1) is 10.8 Å². The van der Waals surface area contributed by atoms with Gasteiger partial charge in [0.1, 0.15) is 11.4 Å². The van der Waals surface area contributed by atoms with E-state index in [1.54, 1.807) is 0 Å². The van der Waals surface area contributed by atoms with Crippen LogP contribution in [0.5, 0.6) is 0 Å². The lowest BCUT2D eigenvalue weighted by atomic mass is 9.51. The predicted molar refractivity (Wildman–Crippen MR) is 66.7 cm³/mol. The van der Waals surface area contributed by atoms with E-state index in [2.05, 4.69) is 32.9 Å². The normalized spacial score (nSPS) is 51.4. The van der Waals surface area contributed by atoms with E-state index in [4.69, 9.17) is 4.74 Å². The van der Waals surface area contributed by atoms with Crippen molar-refractivity contribution < 1.29 is 9.53 Å². The van der Waals surface area contributed by atoms with Gasteiger partial charge in [-0.05, 0) is 32.1 Å². The van der Waals surface area contributed by atoms with Crippen molar-refractivity contribution in [1.82, 2.24) is 0 Å². The predicted octanol–water partition coefficient (Wildman–Crippen LogP) is 3.26. The Kier molecular flexibility index (Phi) is 1.92. The van der Waals surface area contributed by atoms with Crippen molar-refractivity contribution in [3.8, 4) is 0 Å². The summed E-state index contributed by atoms with van der Waals surface area (Å²) in [4.78, 5) is 12.6. The standard InChI is InChI=1S/C15H22O2/c1-12(2)6-5-7-14(4)11(16)10-13(3)8-9-15(12,14)17-13/h8-9H,5-7,10H2,1-4H3/t13-,14+,15-/m0/s1. The largest absolute Gasteiger partial charge is 0.359 e. The maximum atomic E-state index is 12.6. The quantitative estimate of drug-likeness (QED) is 0.601. The minimum atomic E-state index is -0.373. The summed E-state index contributed by atoms with van der Waals surface area (Å²) in [5, 5.41) is 0. The van der Waals surface area contributed by atoms with Gasteiger partial charge < -0.3 is 4.74 Å². The summed E-state index contributed by atoms with van der Waals surface area (Å²) in [5.74, 6) is 0.393. The Morgan fingerprint density at radius 1 is 1.12 bits per heavy atom. The SMILES string of the molecule is CC1(C)CCC[C@]2(C)C(=O)C[C@]3(C)C=C[C@]12O3. The first kappa shape index (κ1) is 11.5. The average Bonchev–Trinajstić information content (AvgIpc) is 2.51. The number of fused-ring (bicyclic) bond motifs is 1. The second-order valence-electron chi connectivity index (χ2n) is 7.15. The third-order valence-electron chi connectivity index (χ3n) is 5.50. The minimum absolute atomic E-state index is 0.0460. The van der Waals surface area contributed by atoms with Crippen LogP contribution in [0.15, 0.2) is 12.2 Å². The molecule has 2 heterocycles. The van der Waals surface area contributed by atoms with E-state index in [1.165, 1.54) is 0 Å². The van der Waals surface area contributed by atoms with Crippen molar-refractivity contribution in [2.75, 3.05) is 0 Å². The molecular weight excluding hydrogens is 212 g/mol. The maximum absolute atomic E-state index is 12.6. The van der Waals surface area contributed by atoms with Gasteiger partial charge in [-0.25, -0.2) is 0 Å². The van der Waals surface area contributed by atoms with Crippen LogP contribution in [-0.4, -0.2) is 17.0 Å². The molecule has 1 aliphatic carbocycles. The monoisotopic (exact) mass is 234 g/mol. The van der Waals surface area contributed by atoms with Crippen molar-refractivity contribution in [1.29, 1.82) is 0 Å². The molecule has 0 amide bonds. The molecule has 0 aromatic carbocycles. The van der Waals surface area contributed by atoms with Crippen molar-refractivity contribution in [3.05, 3.63) is 12.2 Å². The lowest BCUT2D eigenvalue weighted by Crippen LogP contribution is -2.66. The van der Waals surface area contributed by atoms with Crippen molar-refractivity contribution in [2.24, 2.45) is 10.8 Å². The Hall–Kier alpha value is -0.630. The molecule has 3 atom stereocenters. The molecule has 2 fully saturated rings. The summed E-state index contributed by atoms with van der Waals surface area (Å²) in [7, 11) is 0. The van der Waals surface area contributed by atoms with Crippen molar-refractivity contribution in [2.45, 2.75) is 64.6 Å². The minimum Gasteiger partial charge on any atom is -0.359 e. The van der Waals surface area contributed by atoms with Crippen molar-refractivity contribution in [3.63, 3.8) is 0 Å². The van der Waals surface area contributed by atoms with Gasteiger partial charge in [0.05, 0.1) is 11.0 Å². The third-order valence-corrected chi connectivity index (χ3v) is 5.50. The topological polar surface area (TPSA) is 26.3 Å². The summed E-state index contributed by atoms with van der Waals surface area (Å²) in [5.41, 5.74) is -1.00. The molecule has 0 aromatic heterocycles. The fourth-order valence-corrected chi connectivity index (χ4v) is 4.35. The van der Waals surface area contributed by atoms with Crippen LogP contribution in [0.2, 0.25) is 0 Å². The molecule has 3 rings (SSSR count). The summed E-state index contributed by atoms with van der Waals surface area (Å²) in [6.45, 7) is 8.66. The zero-order valence-electron chi connectivity index (χ0n) is 11.3. The lowest BCUT2D eigenvalue weighted by Gasteiger charge is -2.60. The highest BCUT2D eigenvalue weighted by atomic mass is 16.5. The highest BCUT2D eigenvalue weighted by Gasteiger charge is 2.68. The second kappa shape index (κ2) is 2.85. The van der Waals surface area contributed by atoms with Gasteiger partial charge in [0.25, 0.3) is 0 Å². The Morgan fingerprint density at radius 2 is 1.82 bits per heavy atom. The van der Waals surface area contributed by atoms with Gasteiger partial charge in [-0.1, -0.05) is 32.4 Å². The van der Waals surface area contributed by atoms with Gasteiger partial charge in [0, 0.05) is 6.42 Å². The molecule has 1 spiro atoms. The molecule has 1 saturated heterocycles. The Bertz CT molecular complexity index is 423. The van der Waals surface area contributed by atoms with Gasteiger partial charge in [-0.15, -0.1) is 0 Å². The van der Waals surface area contributed by atoms with E-state index in [1.807, 2.05) is 6.92 Å². The average molecular weight is 234 g/mol. The molecule has 1 saturated carbocycles. The van der Waals surface area contributed by atoms with Gasteiger partial charge in [0.2, 0.25) is 0 Å². The molecule has 3 aliphatic rings. The molecule has 17 heavy (non-hydrogen) atoms. The molecule has 2 aliphatic heterocycles. The third kappa shape index (κ3) is 1.13. The molecule has 2 nitrogen and oxygen atoms in total. The van der Waals surface area contributed by atoms with E-state index < -0.39 is 0 Å². The molecule has 0 radical (unpaired) electrons. The summed E-state index contributed by atoms with van der Waals surface area (Å²) in [6.07, 6.45) is 8.11.